The van der Waals surface area contributed by atoms with Crippen LogP contribution in [0.15, 0.2) is 22.7 Å². The van der Waals surface area contributed by atoms with E-state index in [9.17, 15) is 9.59 Å². The zero-order valence-electron chi connectivity index (χ0n) is 10.3. The van der Waals surface area contributed by atoms with Gasteiger partial charge in [0.1, 0.15) is 0 Å². The normalized spacial score (nSPS) is 11.7. The van der Waals surface area contributed by atoms with Gasteiger partial charge in [-0.15, -0.1) is 0 Å². The Morgan fingerprint density at radius 3 is 2.63 bits per heavy atom. The van der Waals surface area contributed by atoms with Gasteiger partial charge in [0.15, 0.2) is 6.04 Å². The van der Waals surface area contributed by atoms with Crippen LogP contribution in [0.1, 0.15) is 12.5 Å². The summed E-state index contributed by atoms with van der Waals surface area (Å²) in [5.41, 5.74) is 1.52. The molecule has 0 bridgehead atoms. The van der Waals surface area contributed by atoms with Crippen molar-refractivity contribution in [3.05, 3.63) is 28.2 Å². The number of aliphatic carboxylic acids is 1. The van der Waals surface area contributed by atoms with Gasteiger partial charge in [-0.3, -0.25) is 0 Å². The summed E-state index contributed by atoms with van der Waals surface area (Å²) >= 11 is 3.33. The lowest BCUT2D eigenvalue weighted by Gasteiger charge is -2.14. The molecule has 0 heterocycles. The molecular formula is C12H15BrN2O4. The Hall–Kier alpha value is -1.60. The molecular weight excluding hydrogens is 316 g/mol. The maximum Gasteiger partial charge on any atom is 0.328 e. The number of anilines is 1. The number of benzene rings is 1. The molecule has 0 aromatic heterocycles. The number of aliphatic hydroxyl groups is 1. The second-order valence-electron chi connectivity index (χ2n) is 3.83. The third-order valence-corrected chi connectivity index (χ3v) is 2.98. The largest absolute Gasteiger partial charge is 0.480 e. The average molecular weight is 331 g/mol. The molecule has 0 radical (unpaired) electrons. The molecule has 1 rings (SSSR count). The molecule has 0 aliphatic carbocycles. The second-order valence-corrected chi connectivity index (χ2v) is 4.74. The van der Waals surface area contributed by atoms with Crippen molar-refractivity contribution in [1.82, 2.24) is 5.32 Å². The molecule has 0 aliphatic rings. The van der Waals surface area contributed by atoms with Crippen LogP contribution < -0.4 is 10.6 Å². The van der Waals surface area contributed by atoms with Crippen molar-refractivity contribution in [3.8, 4) is 0 Å². The number of hydrogen-bond donors (Lipinski definition) is 4. The number of urea groups is 1. The summed E-state index contributed by atoms with van der Waals surface area (Å²) in [6, 6.07) is 3.38. The van der Waals surface area contributed by atoms with Crippen molar-refractivity contribution in [2.45, 2.75) is 19.4 Å². The van der Waals surface area contributed by atoms with Crippen LogP contribution in [0.25, 0.3) is 0 Å². The molecule has 19 heavy (non-hydrogen) atoms. The van der Waals surface area contributed by atoms with Gasteiger partial charge in [-0.2, -0.15) is 0 Å². The number of aliphatic hydroxyl groups excluding tert-OH is 1. The summed E-state index contributed by atoms with van der Waals surface area (Å²) < 4.78 is 0.897. The molecule has 2 amide bonds. The van der Waals surface area contributed by atoms with Gasteiger partial charge in [0.2, 0.25) is 0 Å². The van der Waals surface area contributed by atoms with Crippen LogP contribution in [-0.4, -0.2) is 34.9 Å². The highest BCUT2D eigenvalue weighted by Crippen LogP contribution is 2.21. The van der Waals surface area contributed by atoms with Crippen LogP contribution in [0.4, 0.5) is 10.5 Å². The fourth-order valence-corrected chi connectivity index (χ4v) is 1.89. The minimum absolute atomic E-state index is 0.602. The Bertz CT molecular complexity index is 479. The molecule has 0 saturated heterocycles. The number of halogens is 1. The van der Waals surface area contributed by atoms with Crippen LogP contribution in [0.2, 0.25) is 0 Å². The summed E-state index contributed by atoms with van der Waals surface area (Å²) in [5.74, 6) is -1.29. The van der Waals surface area contributed by atoms with E-state index in [1.165, 1.54) is 0 Å². The van der Waals surface area contributed by atoms with Crippen molar-refractivity contribution < 1.29 is 19.8 Å². The quantitative estimate of drug-likeness (QED) is 0.658. The molecule has 4 N–H and O–H groups in total. The van der Waals surface area contributed by atoms with Crippen molar-refractivity contribution in [2.75, 3.05) is 11.9 Å². The first kappa shape index (κ1) is 15.5. The number of hydrogen-bond acceptors (Lipinski definition) is 3. The van der Waals surface area contributed by atoms with Gasteiger partial charge in [0.05, 0.1) is 6.61 Å². The van der Waals surface area contributed by atoms with E-state index in [0.717, 1.165) is 16.5 Å². The number of amides is 2. The van der Waals surface area contributed by atoms with Gasteiger partial charge in [0.25, 0.3) is 0 Å². The second kappa shape index (κ2) is 7.10. The van der Waals surface area contributed by atoms with Gasteiger partial charge in [-0.1, -0.05) is 22.9 Å². The molecule has 7 heteroatoms. The lowest BCUT2D eigenvalue weighted by molar-refractivity contribution is -0.140. The van der Waals surface area contributed by atoms with E-state index in [2.05, 4.69) is 26.6 Å². The minimum Gasteiger partial charge on any atom is -0.480 e. The van der Waals surface area contributed by atoms with E-state index >= 15 is 0 Å². The molecule has 0 saturated carbocycles. The highest BCUT2D eigenvalue weighted by atomic mass is 79.9. The van der Waals surface area contributed by atoms with Crippen molar-refractivity contribution in [2.24, 2.45) is 0 Å². The predicted molar refractivity (Wildman–Crippen MR) is 74.2 cm³/mol. The zero-order valence-corrected chi connectivity index (χ0v) is 11.9. The number of rotatable bonds is 5. The SMILES string of the molecule is CCc1cc(Br)ccc1NC(=O)NC(CO)C(=O)O. The van der Waals surface area contributed by atoms with Gasteiger partial charge in [-0.05, 0) is 30.2 Å². The molecule has 1 aromatic rings. The van der Waals surface area contributed by atoms with Gasteiger partial charge < -0.3 is 20.8 Å². The highest BCUT2D eigenvalue weighted by molar-refractivity contribution is 9.10. The van der Waals surface area contributed by atoms with E-state index in [0.29, 0.717) is 5.69 Å². The molecule has 0 spiro atoms. The summed E-state index contributed by atoms with van der Waals surface area (Å²) in [6.07, 6.45) is 0.720. The molecule has 104 valence electrons. The Morgan fingerprint density at radius 1 is 1.42 bits per heavy atom. The van der Waals surface area contributed by atoms with Gasteiger partial charge >= 0.3 is 12.0 Å². The Morgan fingerprint density at radius 2 is 2.11 bits per heavy atom. The number of aryl methyl sites for hydroxylation is 1. The van der Waals surface area contributed by atoms with E-state index in [4.69, 9.17) is 10.2 Å². The van der Waals surface area contributed by atoms with Crippen LogP contribution in [0, 0.1) is 0 Å². The molecule has 6 nitrogen and oxygen atoms in total. The van der Waals surface area contributed by atoms with Crippen LogP contribution in [0.3, 0.4) is 0 Å². The summed E-state index contributed by atoms with van der Waals surface area (Å²) in [6.45, 7) is 1.28. The Balaban J connectivity index is 2.74. The van der Waals surface area contributed by atoms with E-state index < -0.39 is 24.6 Å². The topological polar surface area (TPSA) is 98.7 Å². The van der Waals surface area contributed by atoms with Gasteiger partial charge in [-0.25, -0.2) is 9.59 Å². The zero-order chi connectivity index (χ0) is 14.4. The number of carbonyl (C=O) groups excluding carboxylic acids is 1. The third kappa shape index (κ3) is 4.53. The molecule has 0 aliphatic heterocycles. The van der Waals surface area contributed by atoms with Crippen LogP contribution in [0.5, 0.6) is 0 Å². The number of carboxylic acid groups (broad SMARTS) is 1. The Kier molecular flexibility index (Phi) is 5.78. The summed E-state index contributed by atoms with van der Waals surface area (Å²) in [5, 5.41) is 22.3. The first-order chi connectivity index (χ1) is 8.97. The van der Waals surface area contributed by atoms with Crippen LogP contribution in [-0.2, 0) is 11.2 Å². The first-order valence-electron chi connectivity index (χ1n) is 5.67. The summed E-state index contributed by atoms with van der Waals surface area (Å²) in [4.78, 5) is 22.3. The average Bonchev–Trinajstić information content (AvgIpc) is 2.37. The van der Waals surface area contributed by atoms with E-state index in [1.54, 1.807) is 12.1 Å². The van der Waals surface area contributed by atoms with E-state index in [-0.39, 0.29) is 0 Å². The van der Waals surface area contributed by atoms with Crippen molar-refractivity contribution >= 4 is 33.6 Å². The predicted octanol–water partition coefficient (Wildman–Crippen LogP) is 1.58. The van der Waals surface area contributed by atoms with E-state index in [1.807, 2.05) is 13.0 Å². The van der Waals surface area contributed by atoms with Crippen molar-refractivity contribution in [3.63, 3.8) is 0 Å². The number of carbonyl (C=O) groups is 2. The molecule has 1 atom stereocenters. The number of nitrogens with one attached hydrogen (secondary N) is 2. The van der Waals surface area contributed by atoms with Gasteiger partial charge in [0, 0.05) is 10.2 Å². The van der Waals surface area contributed by atoms with Crippen molar-refractivity contribution in [1.29, 1.82) is 0 Å². The first-order valence-corrected chi connectivity index (χ1v) is 6.46. The molecule has 1 unspecified atom stereocenters. The fraction of sp³-hybridized carbons (Fsp3) is 0.333. The third-order valence-electron chi connectivity index (χ3n) is 2.48. The lowest BCUT2D eigenvalue weighted by Crippen LogP contribution is -2.45. The highest BCUT2D eigenvalue weighted by Gasteiger charge is 2.18. The smallest absolute Gasteiger partial charge is 0.328 e. The Labute approximate surface area is 118 Å². The van der Waals surface area contributed by atoms with Crippen LogP contribution >= 0.6 is 15.9 Å². The monoisotopic (exact) mass is 330 g/mol. The maximum atomic E-state index is 11.6. The lowest BCUT2D eigenvalue weighted by atomic mass is 10.1. The standard InChI is InChI=1S/C12H15BrN2O4/c1-2-7-5-8(13)3-4-9(7)14-12(19)15-10(6-16)11(17)18/h3-5,10,16H,2,6H2,1H3,(H,17,18)(H2,14,15,19). The minimum atomic E-state index is -1.32. The fourth-order valence-electron chi connectivity index (χ4n) is 1.48. The molecule has 0 fully saturated rings. The summed E-state index contributed by atoms with van der Waals surface area (Å²) in [7, 11) is 0. The maximum absolute atomic E-state index is 11.6. The number of carboxylic acids is 1. The molecule has 1 aromatic carbocycles.